The molecule has 0 bridgehead atoms. The summed E-state index contributed by atoms with van der Waals surface area (Å²) in [5, 5.41) is 36.6. The van der Waals surface area contributed by atoms with E-state index >= 15 is 0 Å². The summed E-state index contributed by atoms with van der Waals surface area (Å²) in [5.74, 6) is -0.255. The van der Waals surface area contributed by atoms with E-state index in [0.29, 0.717) is 19.4 Å². The molecule has 0 radical (unpaired) electrons. The van der Waals surface area contributed by atoms with Crippen molar-refractivity contribution in [3.05, 3.63) is 11.8 Å². The molecule has 0 aliphatic carbocycles. The monoisotopic (exact) mass is 231 g/mol. The Balaban J connectivity index is 4.32. The Morgan fingerprint density at radius 1 is 1.25 bits per heavy atom. The molecule has 0 saturated heterocycles. The Hall–Kier alpha value is -1.20. The van der Waals surface area contributed by atoms with Gasteiger partial charge < -0.3 is 20.4 Å². The highest BCUT2D eigenvalue weighted by Crippen LogP contribution is 2.24. The second kappa shape index (κ2) is 8.01. The molecule has 0 atom stereocenters. The lowest BCUT2D eigenvalue weighted by atomic mass is 9.88. The summed E-state index contributed by atoms with van der Waals surface area (Å²) in [6, 6.07) is 0. The van der Waals surface area contributed by atoms with E-state index in [1.54, 1.807) is 0 Å². The predicted molar refractivity (Wildman–Crippen MR) is 56.6 cm³/mol. The third-order valence-electron chi connectivity index (χ3n) is 2.33. The normalized spacial score (nSPS) is 12.3. The van der Waals surface area contributed by atoms with Gasteiger partial charge in [0.15, 0.2) is 0 Å². The molecule has 92 valence electrons. The average molecular weight is 231 g/mol. The Kier molecular flexibility index (Phi) is 7.41. The first kappa shape index (κ1) is 14.8. The van der Waals surface area contributed by atoms with Crippen molar-refractivity contribution in [1.82, 2.24) is 0 Å². The quantitative estimate of drug-likeness (QED) is 0.195. The van der Waals surface area contributed by atoms with Crippen LogP contribution in [-0.4, -0.2) is 52.9 Å². The lowest BCUT2D eigenvalue weighted by Gasteiger charge is -2.26. The Bertz CT molecular complexity index is 258. The van der Waals surface area contributed by atoms with Crippen molar-refractivity contribution in [3.8, 4) is 0 Å². The molecule has 0 rings (SSSR count). The molecule has 0 aromatic carbocycles. The fourth-order valence-corrected chi connectivity index (χ4v) is 1.06. The summed E-state index contributed by atoms with van der Waals surface area (Å²) in [7, 11) is 0. The van der Waals surface area contributed by atoms with Gasteiger partial charge in [0.05, 0.1) is 31.8 Å². The van der Waals surface area contributed by atoms with Crippen molar-refractivity contribution >= 4 is 6.08 Å². The van der Waals surface area contributed by atoms with Crippen LogP contribution in [0.1, 0.15) is 12.8 Å². The molecule has 0 saturated carbocycles. The molecule has 0 aliphatic rings. The zero-order chi connectivity index (χ0) is 12.4. The maximum atomic E-state index is 9.74. The molecule has 0 unspecified atom stereocenters. The van der Waals surface area contributed by atoms with E-state index in [2.05, 4.69) is 4.99 Å². The summed E-state index contributed by atoms with van der Waals surface area (Å²) in [6.45, 7) is -1.34. The third kappa shape index (κ3) is 4.12. The Morgan fingerprint density at radius 3 is 2.25 bits per heavy atom. The maximum absolute atomic E-state index is 9.74. The lowest BCUT2D eigenvalue weighted by Crippen LogP contribution is -2.36. The van der Waals surface area contributed by atoms with Gasteiger partial charge in [-0.05, 0) is 18.9 Å². The van der Waals surface area contributed by atoms with E-state index in [9.17, 15) is 9.90 Å². The molecule has 6 heteroatoms. The van der Waals surface area contributed by atoms with Gasteiger partial charge in [0, 0.05) is 0 Å². The van der Waals surface area contributed by atoms with Crippen LogP contribution < -0.4 is 0 Å². The highest BCUT2D eigenvalue weighted by atomic mass is 16.3. The van der Waals surface area contributed by atoms with E-state index in [4.69, 9.17) is 15.3 Å². The molecular formula is C10H17NO5. The summed E-state index contributed by atoms with van der Waals surface area (Å²) in [5.41, 5.74) is -1.39. The van der Waals surface area contributed by atoms with Crippen molar-refractivity contribution in [2.75, 3.05) is 26.4 Å². The van der Waals surface area contributed by atoms with Crippen molar-refractivity contribution in [2.45, 2.75) is 12.8 Å². The van der Waals surface area contributed by atoms with E-state index in [0.717, 1.165) is 0 Å². The number of aliphatic hydroxyl groups excluding tert-OH is 4. The number of hydrogen-bond acceptors (Lipinski definition) is 6. The van der Waals surface area contributed by atoms with Crippen molar-refractivity contribution < 1.29 is 25.2 Å². The molecule has 4 N–H and O–H groups in total. The van der Waals surface area contributed by atoms with Crippen molar-refractivity contribution in [2.24, 2.45) is 10.4 Å². The molecule has 0 spiro atoms. The van der Waals surface area contributed by atoms with Crippen LogP contribution >= 0.6 is 0 Å². The van der Waals surface area contributed by atoms with Crippen molar-refractivity contribution in [3.63, 3.8) is 0 Å². The number of aliphatic hydroxyl groups is 4. The third-order valence-corrected chi connectivity index (χ3v) is 2.33. The number of aliphatic imine (C=N–C) groups is 1. The SMILES string of the molecule is O=C=NCCCC=C(O)C(CO)(CO)CO. The number of carbonyl (C=O) groups excluding carboxylic acids is 1. The second-order valence-corrected chi connectivity index (χ2v) is 3.46. The Morgan fingerprint density at radius 2 is 1.81 bits per heavy atom. The van der Waals surface area contributed by atoms with Crippen LogP contribution in [0, 0.1) is 5.41 Å². The van der Waals surface area contributed by atoms with Crippen LogP contribution in [0.4, 0.5) is 0 Å². The number of allylic oxidation sites excluding steroid dienone is 1. The summed E-state index contributed by atoms with van der Waals surface area (Å²) < 4.78 is 0. The molecule has 0 fully saturated rings. The minimum Gasteiger partial charge on any atom is -0.512 e. The molecule has 0 aliphatic heterocycles. The van der Waals surface area contributed by atoms with Gasteiger partial charge in [-0.15, -0.1) is 0 Å². The minimum absolute atomic E-state index is 0.255. The van der Waals surface area contributed by atoms with Crippen LogP contribution in [0.2, 0.25) is 0 Å². The zero-order valence-corrected chi connectivity index (χ0v) is 8.96. The van der Waals surface area contributed by atoms with Gasteiger partial charge in [-0.3, -0.25) is 0 Å². The molecular weight excluding hydrogens is 214 g/mol. The van der Waals surface area contributed by atoms with E-state index < -0.39 is 25.2 Å². The van der Waals surface area contributed by atoms with E-state index in [1.165, 1.54) is 12.2 Å². The fraction of sp³-hybridized carbons (Fsp3) is 0.700. The van der Waals surface area contributed by atoms with Crippen LogP contribution in [0.3, 0.4) is 0 Å². The molecule has 6 nitrogen and oxygen atoms in total. The molecule has 0 amide bonds. The smallest absolute Gasteiger partial charge is 0.234 e. The average Bonchev–Trinajstić information content (AvgIpc) is 2.32. The van der Waals surface area contributed by atoms with Gasteiger partial charge in [-0.25, -0.2) is 9.79 Å². The van der Waals surface area contributed by atoms with Crippen LogP contribution in [0.15, 0.2) is 16.8 Å². The largest absolute Gasteiger partial charge is 0.512 e. The maximum Gasteiger partial charge on any atom is 0.234 e. The standard InChI is InChI=1S/C10H17NO5/c12-5-10(6-13,7-14)9(16)3-1-2-4-11-8-15/h3,12-14,16H,1-2,4-7H2. The van der Waals surface area contributed by atoms with Crippen LogP contribution in [0.5, 0.6) is 0 Å². The topological polar surface area (TPSA) is 110 Å². The lowest BCUT2D eigenvalue weighted by molar-refractivity contribution is 0.00456. The van der Waals surface area contributed by atoms with Gasteiger partial charge >= 0.3 is 0 Å². The highest BCUT2D eigenvalue weighted by Gasteiger charge is 2.32. The highest BCUT2D eigenvalue weighted by molar-refractivity contribution is 5.32. The molecule has 0 aromatic heterocycles. The number of rotatable bonds is 8. The van der Waals surface area contributed by atoms with Gasteiger partial charge in [-0.2, -0.15) is 0 Å². The minimum atomic E-state index is -1.39. The first-order valence-electron chi connectivity index (χ1n) is 4.92. The van der Waals surface area contributed by atoms with E-state index in [1.807, 2.05) is 0 Å². The van der Waals surface area contributed by atoms with Gasteiger partial charge in [-0.1, -0.05) is 0 Å². The number of isocyanates is 1. The second-order valence-electron chi connectivity index (χ2n) is 3.46. The van der Waals surface area contributed by atoms with Crippen LogP contribution in [0.25, 0.3) is 0 Å². The first-order chi connectivity index (χ1) is 7.66. The summed E-state index contributed by atoms with van der Waals surface area (Å²) in [4.78, 5) is 13.1. The van der Waals surface area contributed by atoms with E-state index in [-0.39, 0.29) is 5.76 Å². The summed E-state index contributed by atoms with van der Waals surface area (Å²) >= 11 is 0. The first-order valence-corrected chi connectivity index (χ1v) is 4.92. The molecule has 16 heavy (non-hydrogen) atoms. The summed E-state index contributed by atoms with van der Waals surface area (Å²) in [6.07, 6.45) is 3.75. The van der Waals surface area contributed by atoms with Crippen molar-refractivity contribution in [1.29, 1.82) is 0 Å². The zero-order valence-electron chi connectivity index (χ0n) is 8.96. The predicted octanol–water partition coefficient (Wildman–Crippen LogP) is -0.492. The molecule has 0 aromatic rings. The number of hydrogen-bond donors (Lipinski definition) is 4. The van der Waals surface area contributed by atoms with Gasteiger partial charge in [0.1, 0.15) is 5.76 Å². The van der Waals surface area contributed by atoms with Crippen LogP contribution in [-0.2, 0) is 4.79 Å². The van der Waals surface area contributed by atoms with Gasteiger partial charge in [0.25, 0.3) is 0 Å². The fourth-order valence-electron chi connectivity index (χ4n) is 1.06. The number of unbranched alkanes of at least 4 members (excludes halogenated alkanes) is 1. The number of nitrogens with zero attached hydrogens (tertiary/aromatic N) is 1. The van der Waals surface area contributed by atoms with Gasteiger partial charge in [0.2, 0.25) is 6.08 Å². The molecule has 0 heterocycles. The Labute approximate surface area is 93.6 Å².